The molecule has 1 aromatic carbocycles. The summed E-state index contributed by atoms with van der Waals surface area (Å²) < 4.78 is 4.89. The molecule has 1 rings (SSSR count). The Bertz CT molecular complexity index is 472. The second-order valence-corrected chi connectivity index (χ2v) is 4.63. The van der Waals surface area contributed by atoms with Crippen molar-refractivity contribution in [1.82, 2.24) is 10.2 Å². The smallest absolute Gasteiger partial charge is 0.246 e. The maximum atomic E-state index is 11.9. The lowest BCUT2D eigenvalue weighted by atomic mass is 10.2. The third kappa shape index (κ3) is 7.27. The van der Waals surface area contributed by atoms with E-state index in [4.69, 9.17) is 4.74 Å². The highest BCUT2D eigenvalue weighted by Crippen LogP contribution is 2.01. The summed E-state index contributed by atoms with van der Waals surface area (Å²) in [4.78, 5) is 24.9. The number of methoxy groups -OCH3 is 1. The second kappa shape index (κ2) is 9.72. The minimum absolute atomic E-state index is 0.0466. The molecule has 1 N–H and O–H groups in total. The minimum Gasteiger partial charge on any atom is -0.385 e. The SMILES string of the molecule is COCCCNC(=O)CN(C)C(=O)/C=C\c1ccccc1. The highest BCUT2D eigenvalue weighted by atomic mass is 16.5. The molecular weight excluding hydrogens is 268 g/mol. The summed E-state index contributed by atoms with van der Waals surface area (Å²) in [6.45, 7) is 1.20. The zero-order chi connectivity index (χ0) is 15.5. The molecule has 0 saturated heterocycles. The second-order valence-electron chi connectivity index (χ2n) is 4.63. The fraction of sp³-hybridized carbons (Fsp3) is 0.375. The van der Waals surface area contributed by atoms with Crippen molar-refractivity contribution in [3.05, 3.63) is 42.0 Å². The first kappa shape index (κ1) is 16.9. The number of nitrogens with one attached hydrogen (secondary N) is 1. The zero-order valence-corrected chi connectivity index (χ0v) is 12.5. The molecule has 0 atom stereocenters. The van der Waals surface area contributed by atoms with Crippen LogP contribution in [0.4, 0.5) is 0 Å². The van der Waals surface area contributed by atoms with E-state index in [1.165, 1.54) is 11.0 Å². The van der Waals surface area contributed by atoms with Gasteiger partial charge in [0, 0.05) is 33.4 Å². The maximum Gasteiger partial charge on any atom is 0.246 e. The molecule has 0 aromatic heterocycles. The highest BCUT2D eigenvalue weighted by Gasteiger charge is 2.09. The lowest BCUT2D eigenvalue weighted by Crippen LogP contribution is -2.38. The van der Waals surface area contributed by atoms with E-state index >= 15 is 0 Å². The molecule has 0 aliphatic heterocycles. The van der Waals surface area contributed by atoms with Gasteiger partial charge in [-0.3, -0.25) is 9.59 Å². The van der Waals surface area contributed by atoms with Gasteiger partial charge in [-0.1, -0.05) is 30.3 Å². The predicted octanol–water partition coefficient (Wildman–Crippen LogP) is 1.31. The highest BCUT2D eigenvalue weighted by molar-refractivity contribution is 5.94. The number of hydrogen-bond donors (Lipinski definition) is 1. The molecule has 0 heterocycles. The summed E-state index contributed by atoms with van der Waals surface area (Å²) >= 11 is 0. The summed E-state index contributed by atoms with van der Waals surface area (Å²) in [5.74, 6) is -0.374. The number of carbonyl (C=O) groups excluding carboxylic acids is 2. The van der Waals surface area contributed by atoms with Crippen LogP contribution in [0.5, 0.6) is 0 Å². The average molecular weight is 290 g/mol. The zero-order valence-electron chi connectivity index (χ0n) is 12.5. The number of amides is 2. The lowest BCUT2D eigenvalue weighted by Gasteiger charge is -2.14. The molecule has 5 nitrogen and oxygen atoms in total. The molecule has 114 valence electrons. The molecule has 21 heavy (non-hydrogen) atoms. The van der Waals surface area contributed by atoms with E-state index in [2.05, 4.69) is 5.32 Å². The van der Waals surface area contributed by atoms with Gasteiger partial charge in [0.15, 0.2) is 0 Å². The van der Waals surface area contributed by atoms with Crippen LogP contribution >= 0.6 is 0 Å². The predicted molar refractivity (Wildman–Crippen MR) is 82.6 cm³/mol. The molecule has 2 amide bonds. The van der Waals surface area contributed by atoms with Crippen molar-refractivity contribution in [1.29, 1.82) is 0 Å². The van der Waals surface area contributed by atoms with Gasteiger partial charge in [0.05, 0.1) is 6.54 Å². The number of hydrogen-bond acceptors (Lipinski definition) is 3. The van der Waals surface area contributed by atoms with E-state index in [1.54, 1.807) is 20.2 Å². The minimum atomic E-state index is -0.203. The standard InChI is InChI=1S/C16H22N2O3/c1-18(13-15(19)17-11-6-12-21-2)16(20)10-9-14-7-4-3-5-8-14/h3-5,7-10H,6,11-13H2,1-2H3,(H,17,19)/b10-9-. The fourth-order valence-corrected chi connectivity index (χ4v) is 1.65. The third-order valence-corrected chi connectivity index (χ3v) is 2.82. The van der Waals surface area contributed by atoms with Crippen molar-refractivity contribution in [3.63, 3.8) is 0 Å². The first-order valence-corrected chi connectivity index (χ1v) is 6.87. The number of carbonyl (C=O) groups is 2. The first-order valence-electron chi connectivity index (χ1n) is 6.87. The molecule has 0 unspecified atom stereocenters. The molecule has 0 radical (unpaired) electrons. The Morgan fingerprint density at radius 3 is 2.67 bits per heavy atom. The van der Waals surface area contributed by atoms with E-state index in [0.29, 0.717) is 13.2 Å². The van der Waals surface area contributed by atoms with Crippen LogP contribution in [0.25, 0.3) is 6.08 Å². The van der Waals surface area contributed by atoms with Crippen LogP contribution in [0, 0.1) is 0 Å². The van der Waals surface area contributed by atoms with E-state index in [1.807, 2.05) is 30.3 Å². The quantitative estimate of drug-likeness (QED) is 0.580. The van der Waals surface area contributed by atoms with Crippen LogP contribution in [0.1, 0.15) is 12.0 Å². The van der Waals surface area contributed by atoms with Gasteiger partial charge in [-0.05, 0) is 18.1 Å². The number of nitrogens with zero attached hydrogens (tertiary/aromatic N) is 1. The Kier molecular flexibility index (Phi) is 7.82. The van der Waals surface area contributed by atoms with Gasteiger partial charge < -0.3 is 15.0 Å². The van der Waals surface area contributed by atoms with Gasteiger partial charge in [0.25, 0.3) is 0 Å². The van der Waals surface area contributed by atoms with Crippen LogP contribution in [-0.4, -0.2) is 50.6 Å². The van der Waals surface area contributed by atoms with Crippen LogP contribution in [0.2, 0.25) is 0 Å². The van der Waals surface area contributed by atoms with Crippen molar-refractivity contribution < 1.29 is 14.3 Å². The van der Waals surface area contributed by atoms with Crippen molar-refractivity contribution in [2.45, 2.75) is 6.42 Å². The molecule has 0 spiro atoms. The Labute approximate surface area is 125 Å². The van der Waals surface area contributed by atoms with Crippen LogP contribution in [-0.2, 0) is 14.3 Å². The first-order chi connectivity index (χ1) is 10.1. The summed E-state index contributed by atoms with van der Waals surface area (Å²) in [6, 6.07) is 9.54. The summed E-state index contributed by atoms with van der Waals surface area (Å²) in [6.07, 6.45) is 3.96. The number of ether oxygens (including phenoxy) is 1. The third-order valence-electron chi connectivity index (χ3n) is 2.82. The molecule has 0 bridgehead atoms. The topological polar surface area (TPSA) is 58.6 Å². The number of rotatable bonds is 8. The summed E-state index contributed by atoms with van der Waals surface area (Å²) in [5, 5.41) is 2.74. The van der Waals surface area contributed by atoms with Gasteiger partial charge in [0.1, 0.15) is 0 Å². The monoisotopic (exact) mass is 290 g/mol. The van der Waals surface area contributed by atoms with E-state index in [-0.39, 0.29) is 18.4 Å². The lowest BCUT2D eigenvalue weighted by molar-refractivity contribution is -0.131. The molecule has 5 heteroatoms. The molecule has 0 fully saturated rings. The van der Waals surface area contributed by atoms with E-state index in [9.17, 15) is 9.59 Å². The molecule has 1 aromatic rings. The van der Waals surface area contributed by atoms with Crippen LogP contribution in [0.3, 0.4) is 0 Å². The average Bonchev–Trinajstić information content (AvgIpc) is 2.50. The summed E-state index contributed by atoms with van der Waals surface area (Å²) in [5.41, 5.74) is 0.947. The Morgan fingerprint density at radius 2 is 2.00 bits per heavy atom. The molecule has 0 saturated carbocycles. The Hall–Kier alpha value is -2.14. The van der Waals surface area contributed by atoms with Crippen LogP contribution in [0.15, 0.2) is 36.4 Å². The van der Waals surface area contributed by atoms with Gasteiger partial charge in [0.2, 0.25) is 11.8 Å². The largest absolute Gasteiger partial charge is 0.385 e. The normalized spacial score (nSPS) is 10.6. The van der Waals surface area contributed by atoms with E-state index in [0.717, 1.165) is 12.0 Å². The Balaban J connectivity index is 2.33. The molecular formula is C16H22N2O3. The summed E-state index contributed by atoms with van der Waals surface area (Å²) in [7, 11) is 3.22. The van der Waals surface area contributed by atoms with Crippen LogP contribution < -0.4 is 5.32 Å². The Morgan fingerprint density at radius 1 is 1.29 bits per heavy atom. The molecule has 0 aliphatic carbocycles. The van der Waals surface area contributed by atoms with Gasteiger partial charge in [-0.2, -0.15) is 0 Å². The van der Waals surface area contributed by atoms with Gasteiger partial charge in [-0.25, -0.2) is 0 Å². The van der Waals surface area contributed by atoms with Crippen molar-refractivity contribution in [2.24, 2.45) is 0 Å². The number of likely N-dealkylation sites (N-methyl/N-ethyl adjacent to an activating group) is 1. The maximum absolute atomic E-state index is 11.9. The van der Waals surface area contributed by atoms with Crippen molar-refractivity contribution >= 4 is 17.9 Å². The van der Waals surface area contributed by atoms with E-state index < -0.39 is 0 Å². The van der Waals surface area contributed by atoms with Crippen molar-refractivity contribution in [3.8, 4) is 0 Å². The fourth-order valence-electron chi connectivity index (χ4n) is 1.65. The molecule has 0 aliphatic rings. The number of benzene rings is 1. The van der Waals surface area contributed by atoms with Gasteiger partial charge >= 0.3 is 0 Å². The van der Waals surface area contributed by atoms with Crippen molar-refractivity contribution in [2.75, 3.05) is 33.9 Å². The van der Waals surface area contributed by atoms with Gasteiger partial charge in [-0.15, -0.1) is 0 Å².